The fourth-order valence-electron chi connectivity index (χ4n) is 0. The van der Waals surface area contributed by atoms with E-state index in [2.05, 4.69) is 0 Å². The molecule has 0 aliphatic carbocycles. The van der Waals surface area contributed by atoms with E-state index in [0.29, 0.717) is 0 Å². The summed E-state index contributed by atoms with van der Waals surface area (Å²) in [6, 6.07) is 0. The van der Waals surface area contributed by atoms with Gasteiger partial charge in [0.2, 0.25) is 0 Å². The molecule has 0 bridgehead atoms. The molecule has 0 spiro atoms. The molecule has 0 nitrogen and oxygen atoms in total. The van der Waals surface area contributed by atoms with Crippen molar-refractivity contribution in [3.8, 4) is 0 Å². The van der Waals surface area contributed by atoms with Crippen molar-refractivity contribution < 1.29 is 0 Å². The maximum Gasteiger partial charge on any atom is 0 e. The Hall–Kier alpha value is 5.65. The smallest absolute Gasteiger partial charge is 0 e. The van der Waals surface area contributed by atoms with E-state index < -0.39 is 0 Å². The van der Waals surface area contributed by atoms with Gasteiger partial charge in [-0.15, -0.1) is 0 Å². The molecule has 0 aliphatic rings. The molecule has 0 saturated carbocycles. The third-order valence-electron chi connectivity index (χ3n) is 0. The molecule has 2 radical (unpaired) electrons. The van der Waals surface area contributed by atoms with E-state index in [0.717, 1.165) is 0 Å². The average Bonchev–Trinajstić information content (AvgIpc) is 0. The average molecular weight is 523 g/mol. The number of hydrogen-bond donors (Lipinski definition) is 0. The van der Waals surface area contributed by atoms with Crippen LogP contribution in [0.4, 0.5) is 0 Å². The van der Waals surface area contributed by atoms with Crippen LogP contribution in [0.2, 0.25) is 0 Å². The third kappa shape index (κ3) is 58.0. The number of rotatable bonds is 0. The van der Waals surface area contributed by atoms with Crippen LogP contribution in [0.1, 0.15) is 0 Å². The van der Waals surface area contributed by atoms with Gasteiger partial charge >= 0.3 is 139 Å². The molecule has 0 atom stereocenters. The minimum Gasteiger partial charge on any atom is 0 e. The quantitative estimate of drug-likeness (QED) is 0.277. The second kappa shape index (κ2) is 68.4. The van der Waals surface area contributed by atoms with E-state index in [9.17, 15) is 0 Å². The first-order valence-electron chi connectivity index (χ1n) is 0. The van der Waals surface area contributed by atoms with E-state index in [1.807, 2.05) is 0 Å². The Morgan fingerprint density at radius 1 is 0.222 bits per heavy atom. The molecule has 0 unspecified atom stereocenters. The van der Waals surface area contributed by atoms with Crippen molar-refractivity contribution in [3.05, 3.63) is 0 Å². The zero-order chi connectivity index (χ0) is 0. The fourth-order valence-corrected chi connectivity index (χ4v) is 0. The Labute approximate surface area is 172 Å². The van der Waals surface area contributed by atoms with Gasteiger partial charge in [-0.2, -0.15) is 0 Å². The molecule has 9 heavy (non-hydrogen) atoms. The fraction of sp³-hybridized carbons (Fsp3) is 0. The van der Waals surface area contributed by atoms with Crippen LogP contribution in [0.5, 0.6) is 0 Å². The molecule has 0 N–H and O–H groups in total. The van der Waals surface area contributed by atoms with Crippen LogP contribution in [-0.2, 0) is 0 Å². The minimum atomic E-state index is 0. The summed E-state index contributed by atoms with van der Waals surface area (Å²) in [7, 11) is 0. The molecule has 0 fully saturated rings. The van der Waals surface area contributed by atoms with Gasteiger partial charge in [0.1, 0.15) is 0 Å². The van der Waals surface area contributed by atoms with Crippen molar-refractivity contribution in [1.29, 1.82) is 0 Å². The maximum absolute atomic E-state index is 0. The molecule has 0 rings (SSSR count). The van der Waals surface area contributed by atoms with Crippen molar-refractivity contribution in [2.24, 2.45) is 0 Å². The van der Waals surface area contributed by atoms with Crippen LogP contribution in [0.3, 0.4) is 0 Å². The number of hydrogen-bond acceptors (Lipinski definition) is 0. The van der Waals surface area contributed by atoms with Gasteiger partial charge in [0, 0.05) is 37.7 Å². The monoisotopic (exact) mass is 518 g/mol. The minimum absolute atomic E-state index is 0. The second-order valence-corrected chi connectivity index (χ2v) is 0. The Balaban J connectivity index is 0. The summed E-state index contributed by atoms with van der Waals surface area (Å²) >= 11 is 0. The zero-order valence-corrected chi connectivity index (χ0v) is 2.00. The first kappa shape index (κ1) is 85.5. The molecule has 0 aromatic heterocycles. The molecule has 0 aromatic rings. The summed E-state index contributed by atoms with van der Waals surface area (Å²) in [6.45, 7) is 0. The first-order chi connectivity index (χ1) is 0. The van der Waals surface area contributed by atoms with E-state index in [1.165, 1.54) is 0 Å². The first-order valence-corrected chi connectivity index (χ1v) is 0. The summed E-state index contributed by atoms with van der Waals surface area (Å²) < 4.78 is 0. The van der Waals surface area contributed by atoms with E-state index in [4.69, 9.17) is 0 Å². The Morgan fingerprint density at radius 3 is 0.222 bits per heavy atom. The molecule has 0 aliphatic heterocycles. The zero-order valence-electron chi connectivity index (χ0n) is 2.00. The van der Waals surface area contributed by atoms with Crippen molar-refractivity contribution in [3.63, 3.8) is 0 Å². The Kier molecular flexibility index (Phi) is 650. The summed E-state index contributed by atoms with van der Waals surface area (Å²) in [4.78, 5) is 0. The van der Waals surface area contributed by atoms with Gasteiger partial charge in [-0.1, -0.05) is 0 Å². The van der Waals surface area contributed by atoms with E-state index in [-0.39, 0.29) is 176 Å². The predicted molar refractivity (Wildman–Crippen MR) is 81.1 cm³/mol. The van der Waals surface area contributed by atoms with Crippen molar-refractivity contribution in [1.82, 2.24) is 0 Å². The van der Waals surface area contributed by atoms with Crippen LogP contribution in [-0.4, -0.2) is 176 Å². The third-order valence-corrected chi connectivity index (χ3v) is 0. The molecular weight excluding hydrogens is 502 g/mol. The van der Waals surface area contributed by atoms with E-state index >= 15 is 0 Å². The van der Waals surface area contributed by atoms with Crippen molar-refractivity contribution >= 4 is 176 Å². The largest absolute Gasteiger partial charge is 0 e. The van der Waals surface area contributed by atoms with Gasteiger partial charge in [-0.25, -0.2) is 0 Å². The Bertz CT molecular complexity index is 6.88. The second-order valence-electron chi connectivity index (χ2n) is 0. The summed E-state index contributed by atoms with van der Waals surface area (Å²) in [5.74, 6) is 0. The topological polar surface area (TPSA) is 0 Å². The molecule has 44 valence electrons. The molecule has 9 heteroatoms. The summed E-state index contributed by atoms with van der Waals surface area (Å²) in [5.41, 5.74) is 0. The molecule has 0 amide bonds. The molecule has 0 aromatic carbocycles. The Morgan fingerprint density at radius 2 is 0.222 bits per heavy atom. The van der Waals surface area contributed by atoms with Gasteiger partial charge in [-0.3, -0.25) is 0 Å². The van der Waals surface area contributed by atoms with Crippen LogP contribution < -0.4 is 0 Å². The van der Waals surface area contributed by atoms with Gasteiger partial charge in [-0.05, 0) is 0 Å². The normalized spacial score (nSPS) is 0. The molecular formula is H21Ga7Li2. The van der Waals surface area contributed by atoms with Crippen molar-refractivity contribution in [2.75, 3.05) is 0 Å². The van der Waals surface area contributed by atoms with Crippen LogP contribution in [0.25, 0.3) is 0 Å². The van der Waals surface area contributed by atoms with Gasteiger partial charge in [0.15, 0.2) is 0 Å². The van der Waals surface area contributed by atoms with E-state index in [1.54, 1.807) is 0 Å². The summed E-state index contributed by atoms with van der Waals surface area (Å²) in [5, 5.41) is 0. The van der Waals surface area contributed by atoms with Gasteiger partial charge in [0.25, 0.3) is 0 Å². The van der Waals surface area contributed by atoms with Crippen LogP contribution in [0.15, 0.2) is 0 Å². The standard InChI is InChI=1S/7Ga.2Li.21H. The maximum atomic E-state index is 0. The van der Waals surface area contributed by atoms with Crippen LogP contribution >= 0.6 is 0 Å². The van der Waals surface area contributed by atoms with Gasteiger partial charge < -0.3 is 0 Å². The summed E-state index contributed by atoms with van der Waals surface area (Å²) in [6.07, 6.45) is 0. The van der Waals surface area contributed by atoms with Crippen molar-refractivity contribution in [2.45, 2.75) is 0 Å². The van der Waals surface area contributed by atoms with Crippen LogP contribution in [0, 0.1) is 0 Å². The molecule has 0 heterocycles. The SMILES string of the molecule is [GaH3].[GaH3].[GaH3].[GaH3].[GaH3].[GaH3].[GaH3].[Li].[Li]. The molecule has 0 saturated heterocycles. The predicted octanol–water partition coefficient (Wildman–Crippen LogP) is -9.05. The van der Waals surface area contributed by atoms with Gasteiger partial charge in [0.05, 0.1) is 0 Å².